The fourth-order valence-electron chi connectivity index (χ4n) is 3.03. The van der Waals surface area contributed by atoms with E-state index in [1.165, 1.54) is 7.11 Å². The summed E-state index contributed by atoms with van der Waals surface area (Å²) >= 11 is 0. The Morgan fingerprint density at radius 3 is 2.54 bits per heavy atom. The summed E-state index contributed by atoms with van der Waals surface area (Å²) in [6.07, 6.45) is -1.90. The largest absolute Gasteiger partial charge is 0.497 e. The lowest BCUT2D eigenvalue weighted by Gasteiger charge is -2.18. The first-order valence-corrected chi connectivity index (χ1v) is 8.24. The van der Waals surface area contributed by atoms with E-state index in [2.05, 4.69) is 10.6 Å². The molecular formula is C17H22N2O7. The molecule has 2 amide bonds. The second-order valence-corrected chi connectivity index (χ2v) is 6.00. The molecule has 0 unspecified atom stereocenters. The monoisotopic (exact) mass is 366 g/mol. The molecule has 0 spiro atoms. The van der Waals surface area contributed by atoms with Gasteiger partial charge in [0.05, 0.1) is 26.4 Å². The summed E-state index contributed by atoms with van der Waals surface area (Å²) < 4.78 is 26.6. The maximum absolute atomic E-state index is 12.1. The quantitative estimate of drug-likeness (QED) is 0.757. The molecule has 2 saturated heterocycles. The maximum atomic E-state index is 12.1. The minimum atomic E-state index is -0.597. The standard InChI is InChI=1S/C17H22N2O7/c1-22-9-14(20)19-12-7-24-16-13(8-25-15(12)16)26-17(21)18-10-3-5-11(23-2)6-4-10/h3-6,12-13,15-16H,7-9H2,1-2H3,(H,18,21)(H,19,20)/t12-,13+,15+,16+/m0/s1. The normalized spacial score (nSPS) is 26.8. The van der Waals surface area contributed by atoms with Crippen LogP contribution in [-0.2, 0) is 23.7 Å². The van der Waals surface area contributed by atoms with Gasteiger partial charge in [0.1, 0.15) is 24.6 Å². The Hall–Kier alpha value is -2.36. The molecule has 142 valence electrons. The van der Waals surface area contributed by atoms with E-state index in [0.29, 0.717) is 18.0 Å². The molecule has 9 heteroatoms. The molecule has 0 bridgehead atoms. The molecule has 4 atom stereocenters. The Morgan fingerprint density at radius 1 is 1.12 bits per heavy atom. The van der Waals surface area contributed by atoms with Crippen LogP contribution in [0.3, 0.4) is 0 Å². The van der Waals surface area contributed by atoms with Crippen molar-refractivity contribution in [2.75, 3.05) is 39.4 Å². The van der Waals surface area contributed by atoms with Crippen molar-refractivity contribution in [3.63, 3.8) is 0 Å². The number of carbonyl (C=O) groups is 2. The highest BCUT2D eigenvalue weighted by Crippen LogP contribution is 2.29. The molecule has 1 aromatic rings. The predicted octanol–water partition coefficient (Wildman–Crippen LogP) is 0.541. The van der Waals surface area contributed by atoms with E-state index in [0.717, 1.165) is 0 Å². The summed E-state index contributed by atoms with van der Waals surface area (Å²) in [4.78, 5) is 23.7. The number of fused-ring (bicyclic) bond motifs is 1. The summed E-state index contributed by atoms with van der Waals surface area (Å²) in [7, 11) is 3.02. The van der Waals surface area contributed by atoms with E-state index >= 15 is 0 Å². The molecular weight excluding hydrogens is 344 g/mol. The molecule has 2 aliphatic heterocycles. The van der Waals surface area contributed by atoms with Crippen LogP contribution in [0.4, 0.5) is 10.5 Å². The topological polar surface area (TPSA) is 104 Å². The van der Waals surface area contributed by atoms with Crippen molar-refractivity contribution in [1.82, 2.24) is 5.32 Å². The predicted molar refractivity (Wildman–Crippen MR) is 90.2 cm³/mol. The molecule has 9 nitrogen and oxygen atoms in total. The smallest absolute Gasteiger partial charge is 0.412 e. The molecule has 2 N–H and O–H groups in total. The first-order chi connectivity index (χ1) is 12.6. The summed E-state index contributed by atoms with van der Waals surface area (Å²) in [6.45, 7) is 0.477. The molecule has 0 saturated carbocycles. The van der Waals surface area contributed by atoms with Gasteiger partial charge in [0, 0.05) is 12.8 Å². The molecule has 3 rings (SSSR count). The van der Waals surface area contributed by atoms with Gasteiger partial charge < -0.3 is 29.0 Å². The van der Waals surface area contributed by atoms with Crippen LogP contribution in [0.5, 0.6) is 5.75 Å². The molecule has 2 aliphatic rings. The van der Waals surface area contributed by atoms with Crippen LogP contribution >= 0.6 is 0 Å². The van der Waals surface area contributed by atoms with E-state index in [9.17, 15) is 9.59 Å². The van der Waals surface area contributed by atoms with E-state index < -0.39 is 18.3 Å². The molecule has 26 heavy (non-hydrogen) atoms. The van der Waals surface area contributed by atoms with Crippen molar-refractivity contribution in [2.45, 2.75) is 24.4 Å². The van der Waals surface area contributed by atoms with Crippen molar-refractivity contribution in [2.24, 2.45) is 0 Å². The third-order valence-corrected chi connectivity index (χ3v) is 4.22. The number of ether oxygens (including phenoxy) is 5. The van der Waals surface area contributed by atoms with Gasteiger partial charge in [-0.3, -0.25) is 10.1 Å². The Labute approximate surface area is 150 Å². The zero-order chi connectivity index (χ0) is 18.5. The van der Waals surface area contributed by atoms with Crippen LogP contribution in [0.2, 0.25) is 0 Å². The zero-order valence-corrected chi connectivity index (χ0v) is 14.6. The van der Waals surface area contributed by atoms with Gasteiger partial charge in [0.15, 0.2) is 6.10 Å². The lowest BCUT2D eigenvalue weighted by Crippen LogP contribution is -2.45. The fraction of sp³-hybridized carbons (Fsp3) is 0.529. The van der Waals surface area contributed by atoms with Gasteiger partial charge in [0.2, 0.25) is 5.91 Å². The summed E-state index contributed by atoms with van der Waals surface area (Å²) in [6, 6.07) is 6.60. The van der Waals surface area contributed by atoms with Crippen LogP contribution in [0.1, 0.15) is 0 Å². The Morgan fingerprint density at radius 2 is 1.85 bits per heavy atom. The van der Waals surface area contributed by atoms with Crippen LogP contribution in [0.15, 0.2) is 24.3 Å². The Bertz CT molecular complexity index is 637. The molecule has 0 aromatic heterocycles. The van der Waals surface area contributed by atoms with Gasteiger partial charge in [-0.25, -0.2) is 4.79 Å². The summed E-state index contributed by atoms with van der Waals surface area (Å²) in [5.41, 5.74) is 0.586. The number of benzene rings is 1. The second kappa shape index (κ2) is 8.35. The lowest BCUT2D eigenvalue weighted by molar-refractivity contribution is -0.126. The van der Waals surface area contributed by atoms with Gasteiger partial charge in [-0.15, -0.1) is 0 Å². The maximum Gasteiger partial charge on any atom is 0.412 e. The number of methoxy groups -OCH3 is 2. The zero-order valence-electron chi connectivity index (χ0n) is 14.6. The van der Waals surface area contributed by atoms with Crippen LogP contribution < -0.4 is 15.4 Å². The second-order valence-electron chi connectivity index (χ2n) is 6.00. The van der Waals surface area contributed by atoms with Crippen molar-refractivity contribution < 1.29 is 33.3 Å². The van der Waals surface area contributed by atoms with Gasteiger partial charge in [0.25, 0.3) is 0 Å². The third kappa shape index (κ3) is 4.24. The summed E-state index contributed by atoms with van der Waals surface area (Å²) in [5.74, 6) is 0.448. The van der Waals surface area contributed by atoms with Gasteiger partial charge in [-0.2, -0.15) is 0 Å². The fourth-order valence-corrected chi connectivity index (χ4v) is 3.03. The number of anilines is 1. The van der Waals surface area contributed by atoms with Crippen LogP contribution in [0.25, 0.3) is 0 Å². The molecule has 1 aromatic carbocycles. The van der Waals surface area contributed by atoms with Crippen LogP contribution in [0, 0.1) is 0 Å². The number of hydrogen-bond donors (Lipinski definition) is 2. The minimum Gasteiger partial charge on any atom is -0.497 e. The third-order valence-electron chi connectivity index (χ3n) is 4.22. The lowest BCUT2D eigenvalue weighted by atomic mass is 10.1. The molecule has 2 fully saturated rings. The SMILES string of the molecule is COCC(=O)N[C@H]1CO[C@H]2[C@@H]1OC[C@H]2OC(=O)Nc1ccc(OC)cc1. The Kier molecular flexibility index (Phi) is 5.92. The summed E-state index contributed by atoms with van der Waals surface area (Å²) in [5, 5.41) is 5.44. The molecule has 0 radical (unpaired) electrons. The van der Waals surface area contributed by atoms with E-state index in [-0.39, 0.29) is 31.3 Å². The van der Waals surface area contributed by atoms with E-state index in [1.807, 2.05) is 0 Å². The minimum absolute atomic E-state index is 0.0297. The highest BCUT2D eigenvalue weighted by molar-refractivity contribution is 5.84. The van der Waals surface area contributed by atoms with Crippen LogP contribution in [-0.4, -0.2) is 70.4 Å². The average Bonchev–Trinajstić information content (AvgIpc) is 3.20. The van der Waals surface area contributed by atoms with E-state index in [1.54, 1.807) is 31.4 Å². The van der Waals surface area contributed by atoms with Gasteiger partial charge in [-0.05, 0) is 24.3 Å². The first kappa shape index (κ1) is 18.4. The van der Waals surface area contributed by atoms with E-state index in [4.69, 9.17) is 23.7 Å². The Balaban J connectivity index is 1.50. The number of rotatable bonds is 6. The average molecular weight is 366 g/mol. The molecule has 2 heterocycles. The van der Waals surface area contributed by atoms with Crippen molar-refractivity contribution in [3.8, 4) is 5.75 Å². The van der Waals surface area contributed by atoms with Crippen molar-refractivity contribution >= 4 is 17.7 Å². The highest BCUT2D eigenvalue weighted by atomic mass is 16.6. The van der Waals surface area contributed by atoms with Gasteiger partial charge >= 0.3 is 6.09 Å². The number of hydrogen-bond acceptors (Lipinski definition) is 7. The molecule has 0 aliphatic carbocycles. The number of nitrogens with one attached hydrogen (secondary N) is 2. The number of amides is 2. The number of carbonyl (C=O) groups excluding carboxylic acids is 2. The highest BCUT2D eigenvalue weighted by Gasteiger charge is 2.49. The van der Waals surface area contributed by atoms with Gasteiger partial charge in [-0.1, -0.05) is 0 Å². The first-order valence-electron chi connectivity index (χ1n) is 8.24. The van der Waals surface area contributed by atoms with Crippen molar-refractivity contribution in [1.29, 1.82) is 0 Å². The van der Waals surface area contributed by atoms with Crippen molar-refractivity contribution in [3.05, 3.63) is 24.3 Å².